The molecule has 3 atom stereocenters. The molecule has 0 bridgehead atoms. The topological polar surface area (TPSA) is 49.6 Å². The van der Waals surface area contributed by atoms with Crippen molar-refractivity contribution in [3.05, 3.63) is 0 Å². The lowest BCUT2D eigenvalue weighted by atomic mass is 9.99. The predicted molar refractivity (Wildman–Crippen MR) is 73.2 cm³/mol. The molecular weight excluding hydrogens is 226 g/mol. The molecule has 1 amide bonds. The van der Waals surface area contributed by atoms with Crippen LogP contribution in [0.5, 0.6) is 0 Å². The Bertz CT molecular complexity index is 295. The zero-order valence-electron chi connectivity index (χ0n) is 11.8. The second-order valence-corrected chi connectivity index (χ2v) is 5.87. The standard InChI is InChI=1S/C14H27N3O/c1-3-17(13-6-4-5-11(13)9-15)14(18)12-7-8-16(2)10-12/h11-13H,3-10,15H2,1-2H3. The number of amides is 1. The molecule has 1 saturated heterocycles. The van der Waals surface area contributed by atoms with Gasteiger partial charge >= 0.3 is 0 Å². The largest absolute Gasteiger partial charge is 0.339 e. The molecular formula is C14H27N3O. The second kappa shape index (κ2) is 6.02. The lowest BCUT2D eigenvalue weighted by Crippen LogP contribution is -2.47. The maximum atomic E-state index is 12.6. The van der Waals surface area contributed by atoms with Gasteiger partial charge in [-0.2, -0.15) is 0 Å². The molecule has 1 aliphatic carbocycles. The van der Waals surface area contributed by atoms with Gasteiger partial charge in [0.2, 0.25) is 5.91 Å². The first-order valence-electron chi connectivity index (χ1n) is 7.36. The van der Waals surface area contributed by atoms with E-state index in [0.29, 0.717) is 17.9 Å². The molecule has 0 aromatic rings. The molecule has 2 fully saturated rings. The van der Waals surface area contributed by atoms with Crippen LogP contribution in [0.25, 0.3) is 0 Å². The molecule has 4 nitrogen and oxygen atoms in total. The molecule has 2 rings (SSSR count). The molecule has 0 aromatic heterocycles. The van der Waals surface area contributed by atoms with Crippen LogP contribution in [-0.2, 0) is 4.79 Å². The molecule has 104 valence electrons. The van der Waals surface area contributed by atoms with Gasteiger partial charge in [-0.3, -0.25) is 4.79 Å². The summed E-state index contributed by atoms with van der Waals surface area (Å²) in [6.07, 6.45) is 4.58. The average Bonchev–Trinajstić information content (AvgIpc) is 2.98. The molecule has 0 radical (unpaired) electrons. The number of carbonyl (C=O) groups excluding carboxylic acids is 1. The minimum Gasteiger partial charge on any atom is -0.339 e. The maximum absolute atomic E-state index is 12.6. The first-order chi connectivity index (χ1) is 8.67. The van der Waals surface area contributed by atoms with Crippen molar-refractivity contribution in [3.8, 4) is 0 Å². The smallest absolute Gasteiger partial charge is 0.227 e. The van der Waals surface area contributed by atoms with E-state index in [1.165, 1.54) is 12.8 Å². The van der Waals surface area contributed by atoms with Gasteiger partial charge in [-0.15, -0.1) is 0 Å². The SMILES string of the molecule is CCN(C(=O)C1CCN(C)C1)C1CCCC1CN. The highest BCUT2D eigenvalue weighted by Gasteiger charge is 2.37. The second-order valence-electron chi connectivity index (χ2n) is 5.87. The summed E-state index contributed by atoms with van der Waals surface area (Å²) < 4.78 is 0. The number of nitrogens with two attached hydrogens (primary N) is 1. The van der Waals surface area contributed by atoms with E-state index in [0.717, 1.165) is 39.0 Å². The Morgan fingerprint density at radius 3 is 2.72 bits per heavy atom. The fraction of sp³-hybridized carbons (Fsp3) is 0.929. The monoisotopic (exact) mass is 253 g/mol. The van der Waals surface area contributed by atoms with Gasteiger partial charge < -0.3 is 15.5 Å². The fourth-order valence-electron chi connectivity index (χ4n) is 3.63. The maximum Gasteiger partial charge on any atom is 0.227 e. The molecule has 1 saturated carbocycles. The van der Waals surface area contributed by atoms with Gasteiger partial charge in [0, 0.05) is 19.1 Å². The molecule has 3 unspecified atom stereocenters. The molecule has 2 aliphatic rings. The summed E-state index contributed by atoms with van der Waals surface area (Å²) in [4.78, 5) is 17.0. The molecule has 4 heteroatoms. The summed E-state index contributed by atoms with van der Waals surface area (Å²) in [6.45, 7) is 5.63. The summed E-state index contributed by atoms with van der Waals surface area (Å²) in [5.74, 6) is 1.11. The van der Waals surface area contributed by atoms with Crippen molar-refractivity contribution in [3.63, 3.8) is 0 Å². The summed E-state index contributed by atoms with van der Waals surface area (Å²) in [5, 5.41) is 0. The van der Waals surface area contributed by atoms with Crippen molar-refractivity contribution < 1.29 is 4.79 Å². The van der Waals surface area contributed by atoms with E-state index in [1.807, 2.05) is 0 Å². The van der Waals surface area contributed by atoms with Crippen molar-refractivity contribution in [2.75, 3.05) is 33.2 Å². The Morgan fingerprint density at radius 2 is 2.17 bits per heavy atom. The van der Waals surface area contributed by atoms with Crippen molar-refractivity contribution in [2.24, 2.45) is 17.6 Å². The minimum absolute atomic E-state index is 0.217. The Kier molecular flexibility index (Phi) is 4.62. The highest BCUT2D eigenvalue weighted by atomic mass is 16.2. The zero-order valence-corrected chi connectivity index (χ0v) is 11.8. The van der Waals surface area contributed by atoms with E-state index < -0.39 is 0 Å². The van der Waals surface area contributed by atoms with Crippen molar-refractivity contribution >= 4 is 5.91 Å². The molecule has 2 N–H and O–H groups in total. The number of rotatable bonds is 4. The molecule has 1 aliphatic heterocycles. The third kappa shape index (κ3) is 2.69. The molecule has 1 heterocycles. The third-order valence-electron chi connectivity index (χ3n) is 4.69. The number of carbonyl (C=O) groups is 1. The minimum atomic E-state index is 0.217. The van der Waals surface area contributed by atoms with Crippen LogP contribution in [0.15, 0.2) is 0 Å². The Labute approximate surface area is 110 Å². The van der Waals surface area contributed by atoms with Crippen molar-refractivity contribution in [2.45, 2.75) is 38.6 Å². The number of likely N-dealkylation sites (tertiary alicyclic amines) is 1. The summed E-state index contributed by atoms with van der Waals surface area (Å²) in [7, 11) is 2.10. The Hall–Kier alpha value is -0.610. The average molecular weight is 253 g/mol. The van der Waals surface area contributed by atoms with E-state index in [4.69, 9.17) is 5.73 Å². The number of nitrogens with zero attached hydrogens (tertiary/aromatic N) is 2. The van der Waals surface area contributed by atoms with E-state index in [-0.39, 0.29) is 5.92 Å². The fourth-order valence-corrected chi connectivity index (χ4v) is 3.63. The van der Waals surface area contributed by atoms with Crippen LogP contribution in [0.4, 0.5) is 0 Å². The predicted octanol–water partition coefficient (Wildman–Crippen LogP) is 0.914. The number of hydrogen-bond donors (Lipinski definition) is 1. The molecule has 0 spiro atoms. The van der Waals surface area contributed by atoms with Gasteiger partial charge in [0.05, 0.1) is 5.92 Å². The Balaban J connectivity index is 2.01. The van der Waals surface area contributed by atoms with Gasteiger partial charge in [-0.25, -0.2) is 0 Å². The van der Waals surface area contributed by atoms with E-state index in [2.05, 4.69) is 23.8 Å². The number of hydrogen-bond acceptors (Lipinski definition) is 3. The normalized spacial score (nSPS) is 32.9. The quantitative estimate of drug-likeness (QED) is 0.810. The first kappa shape index (κ1) is 13.8. The summed E-state index contributed by atoms with van der Waals surface area (Å²) in [5.41, 5.74) is 5.85. The van der Waals surface area contributed by atoms with Gasteiger partial charge in [0.1, 0.15) is 0 Å². The van der Waals surface area contributed by atoms with Crippen LogP contribution in [0.1, 0.15) is 32.6 Å². The van der Waals surface area contributed by atoms with E-state index >= 15 is 0 Å². The first-order valence-corrected chi connectivity index (χ1v) is 7.36. The summed E-state index contributed by atoms with van der Waals surface area (Å²) in [6, 6.07) is 0.401. The van der Waals surface area contributed by atoms with Gasteiger partial charge in [-0.1, -0.05) is 6.42 Å². The van der Waals surface area contributed by atoms with Crippen molar-refractivity contribution in [1.82, 2.24) is 9.80 Å². The highest BCUT2D eigenvalue weighted by Crippen LogP contribution is 2.31. The van der Waals surface area contributed by atoms with Gasteiger partial charge in [0.25, 0.3) is 0 Å². The zero-order chi connectivity index (χ0) is 13.1. The lowest BCUT2D eigenvalue weighted by Gasteiger charge is -2.33. The third-order valence-corrected chi connectivity index (χ3v) is 4.69. The molecule has 18 heavy (non-hydrogen) atoms. The van der Waals surface area contributed by atoms with E-state index in [9.17, 15) is 4.79 Å². The van der Waals surface area contributed by atoms with Crippen LogP contribution in [0.2, 0.25) is 0 Å². The van der Waals surface area contributed by atoms with Crippen LogP contribution < -0.4 is 5.73 Å². The Morgan fingerprint density at radius 1 is 1.39 bits per heavy atom. The van der Waals surface area contributed by atoms with E-state index in [1.54, 1.807) is 0 Å². The summed E-state index contributed by atoms with van der Waals surface area (Å²) >= 11 is 0. The van der Waals surface area contributed by atoms with Crippen LogP contribution in [0.3, 0.4) is 0 Å². The van der Waals surface area contributed by atoms with Gasteiger partial charge in [0.15, 0.2) is 0 Å². The highest BCUT2D eigenvalue weighted by molar-refractivity contribution is 5.79. The van der Waals surface area contributed by atoms with Gasteiger partial charge in [-0.05, 0) is 52.2 Å². The molecule has 0 aromatic carbocycles. The lowest BCUT2D eigenvalue weighted by molar-refractivity contribution is -0.138. The van der Waals surface area contributed by atoms with Crippen molar-refractivity contribution in [1.29, 1.82) is 0 Å². The van der Waals surface area contributed by atoms with Crippen LogP contribution in [-0.4, -0.2) is 55.0 Å². The van der Waals surface area contributed by atoms with Crippen LogP contribution >= 0.6 is 0 Å². The van der Waals surface area contributed by atoms with Crippen LogP contribution in [0, 0.1) is 11.8 Å².